The van der Waals surface area contributed by atoms with E-state index in [9.17, 15) is 4.79 Å². The number of carbonyl (C=O) groups excluding carboxylic acids is 1. The van der Waals surface area contributed by atoms with Gasteiger partial charge < -0.3 is 9.88 Å². The molecule has 0 aliphatic rings. The quantitative estimate of drug-likeness (QED) is 0.801. The molecule has 0 fully saturated rings. The van der Waals surface area contributed by atoms with Crippen molar-refractivity contribution in [3.8, 4) is 6.07 Å². The van der Waals surface area contributed by atoms with Crippen LogP contribution in [0.15, 0.2) is 48.8 Å². The fourth-order valence-corrected chi connectivity index (χ4v) is 2.58. The number of amides is 1. The van der Waals surface area contributed by atoms with E-state index in [2.05, 4.69) is 28.7 Å². The van der Waals surface area contributed by atoms with Crippen LogP contribution < -0.4 is 5.32 Å². The Bertz CT molecular complexity index is 917. The molecule has 5 heteroatoms. The summed E-state index contributed by atoms with van der Waals surface area (Å²) < 4.78 is 2.12. The summed E-state index contributed by atoms with van der Waals surface area (Å²) in [5.41, 5.74) is 4.09. The molecular weight excluding hydrogens is 300 g/mol. The molecule has 3 aromatic rings. The number of nitriles is 1. The van der Waals surface area contributed by atoms with Crippen molar-refractivity contribution in [2.24, 2.45) is 0 Å². The fourth-order valence-electron chi connectivity index (χ4n) is 2.58. The number of nitrogens with one attached hydrogen (secondary N) is 1. The first kappa shape index (κ1) is 15.8. The zero-order valence-corrected chi connectivity index (χ0v) is 13.7. The topological polar surface area (TPSA) is 70.7 Å². The molecule has 0 bridgehead atoms. The summed E-state index contributed by atoms with van der Waals surface area (Å²) in [4.78, 5) is 16.6. The van der Waals surface area contributed by atoms with Crippen LogP contribution in [0, 0.1) is 11.3 Å². The highest BCUT2D eigenvalue weighted by atomic mass is 16.1. The Morgan fingerprint density at radius 1 is 1.25 bits per heavy atom. The molecule has 0 unspecified atom stereocenters. The molecule has 1 aromatic heterocycles. The van der Waals surface area contributed by atoms with Crippen LogP contribution in [-0.2, 0) is 6.54 Å². The number of aromatic nitrogens is 2. The minimum atomic E-state index is -0.160. The predicted molar refractivity (Wildman–Crippen MR) is 92.4 cm³/mol. The van der Waals surface area contributed by atoms with E-state index in [1.54, 1.807) is 24.3 Å². The first-order valence-corrected chi connectivity index (χ1v) is 7.82. The van der Waals surface area contributed by atoms with Crippen molar-refractivity contribution in [3.05, 3.63) is 65.5 Å². The van der Waals surface area contributed by atoms with Gasteiger partial charge in [0, 0.05) is 18.2 Å². The monoisotopic (exact) mass is 318 g/mol. The van der Waals surface area contributed by atoms with Crippen molar-refractivity contribution < 1.29 is 4.79 Å². The van der Waals surface area contributed by atoms with Crippen LogP contribution in [0.4, 0.5) is 0 Å². The van der Waals surface area contributed by atoms with Gasteiger partial charge in [-0.25, -0.2) is 4.98 Å². The number of imidazole rings is 1. The summed E-state index contributed by atoms with van der Waals surface area (Å²) in [6.45, 7) is 4.67. The number of fused-ring (bicyclic) bond motifs is 1. The van der Waals surface area contributed by atoms with E-state index in [0.29, 0.717) is 23.7 Å². The number of carbonyl (C=O) groups is 1. The van der Waals surface area contributed by atoms with E-state index in [1.165, 1.54) is 0 Å². The minimum absolute atomic E-state index is 0.160. The van der Waals surface area contributed by atoms with E-state index in [4.69, 9.17) is 5.26 Å². The highest BCUT2D eigenvalue weighted by Gasteiger charge is 2.08. The van der Waals surface area contributed by atoms with Gasteiger partial charge in [-0.3, -0.25) is 4.79 Å². The normalized spacial score (nSPS) is 10.8. The summed E-state index contributed by atoms with van der Waals surface area (Å²) in [5.74, 6) is -0.160. The second kappa shape index (κ2) is 6.55. The van der Waals surface area contributed by atoms with Crippen LogP contribution in [0.1, 0.15) is 41.4 Å². The van der Waals surface area contributed by atoms with Crippen LogP contribution in [0.5, 0.6) is 0 Å². The number of rotatable bonds is 4. The van der Waals surface area contributed by atoms with Crippen LogP contribution in [-0.4, -0.2) is 15.5 Å². The molecule has 1 heterocycles. The smallest absolute Gasteiger partial charge is 0.251 e. The lowest BCUT2D eigenvalue weighted by Gasteiger charge is -2.09. The molecule has 5 nitrogen and oxygen atoms in total. The maximum Gasteiger partial charge on any atom is 0.251 e. The molecular formula is C19H18N4O. The molecule has 3 rings (SSSR count). The van der Waals surface area contributed by atoms with E-state index in [1.807, 2.05) is 30.6 Å². The largest absolute Gasteiger partial charge is 0.348 e. The van der Waals surface area contributed by atoms with Crippen molar-refractivity contribution >= 4 is 16.9 Å². The summed E-state index contributed by atoms with van der Waals surface area (Å²) in [6, 6.07) is 15.0. The summed E-state index contributed by atoms with van der Waals surface area (Å²) in [6.07, 6.45) is 1.84. The molecule has 1 amide bonds. The Balaban J connectivity index is 1.71. The molecule has 0 aliphatic carbocycles. The van der Waals surface area contributed by atoms with Gasteiger partial charge in [0.1, 0.15) is 0 Å². The Morgan fingerprint density at radius 3 is 2.67 bits per heavy atom. The maximum absolute atomic E-state index is 12.2. The lowest BCUT2D eigenvalue weighted by molar-refractivity contribution is 0.0951. The number of benzene rings is 2. The van der Waals surface area contributed by atoms with Gasteiger partial charge in [-0.1, -0.05) is 6.07 Å². The Kier molecular flexibility index (Phi) is 4.30. The summed E-state index contributed by atoms with van der Waals surface area (Å²) in [5, 5.41) is 11.7. The van der Waals surface area contributed by atoms with Gasteiger partial charge >= 0.3 is 0 Å². The third-order valence-electron chi connectivity index (χ3n) is 3.92. The lowest BCUT2D eigenvalue weighted by Crippen LogP contribution is -2.22. The molecule has 0 spiro atoms. The van der Waals surface area contributed by atoms with Crippen LogP contribution >= 0.6 is 0 Å². The van der Waals surface area contributed by atoms with Crippen molar-refractivity contribution in [1.29, 1.82) is 5.26 Å². The molecule has 0 aliphatic heterocycles. The average molecular weight is 318 g/mol. The van der Waals surface area contributed by atoms with Gasteiger partial charge in [-0.15, -0.1) is 0 Å². The Morgan fingerprint density at radius 2 is 2.00 bits per heavy atom. The third-order valence-corrected chi connectivity index (χ3v) is 3.92. The van der Waals surface area contributed by atoms with Gasteiger partial charge in [-0.05, 0) is 55.8 Å². The fraction of sp³-hybridized carbons (Fsp3) is 0.211. The molecule has 120 valence electrons. The van der Waals surface area contributed by atoms with Crippen molar-refractivity contribution in [1.82, 2.24) is 14.9 Å². The van der Waals surface area contributed by atoms with Gasteiger partial charge in [0.25, 0.3) is 5.91 Å². The standard InChI is InChI=1S/C19H18N4O/c1-13(2)23-12-22-17-9-15(5-8-18(17)23)11-21-19(24)16-6-3-14(10-20)4-7-16/h3-9,12-13H,11H2,1-2H3,(H,21,24). The molecule has 1 N–H and O–H groups in total. The zero-order chi connectivity index (χ0) is 17.1. The molecule has 0 saturated carbocycles. The zero-order valence-electron chi connectivity index (χ0n) is 13.7. The highest BCUT2D eigenvalue weighted by Crippen LogP contribution is 2.18. The van der Waals surface area contributed by atoms with Crippen LogP contribution in [0.25, 0.3) is 11.0 Å². The molecule has 2 aromatic carbocycles. The highest BCUT2D eigenvalue weighted by molar-refractivity contribution is 5.94. The predicted octanol–water partition coefficient (Wildman–Crippen LogP) is 3.42. The van der Waals surface area contributed by atoms with Crippen molar-refractivity contribution in [2.75, 3.05) is 0 Å². The lowest BCUT2D eigenvalue weighted by atomic mass is 10.1. The van der Waals surface area contributed by atoms with E-state index >= 15 is 0 Å². The SMILES string of the molecule is CC(C)n1cnc2cc(CNC(=O)c3ccc(C#N)cc3)ccc21. The van der Waals surface area contributed by atoms with Gasteiger partial charge in [0.2, 0.25) is 0 Å². The molecule has 0 radical (unpaired) electrons. The summed E-state index contributed by atoms with van der Waals surface area (Å²) >= 11 is 0. The van der Waals surface area contributed by atoms with Gasteiger partial charge in [-0.2, -0.15) is 5.26 Å². The first-order valence-electron chi connectivity index (χ1n) is 7.82. The minimum Gasteiger partial charge on any atom is -0.348 e. The average Bonchev–Trinajstić information content (AvgIpc) is 3.03. The van der Waals surface area contributed by atoms with Gasteiger partial charge in [0.05, 0.1) is 29.0 Å². The second-order valence-corrected chi connectivity index (χ2v) is 5.94. The molecule has 24 heavy (non-hydrogen) atoms. The summed E-state index contributed by atoms with van der Waals surface area (Å²) in [7, 11) is 0. The van der Waals surface area contributed by atoms with E-state index < -0.39 is 0 Å². The van der Waals surface area contributed by atoms with Crippen LogP contribution in [0.3, 0.4) is 0 Å². The number of nitrogens with zero attached hydrogens (tertiary/aromatic N) is 3. The second-order valence-electron chi connectivity index (χ2n) is 5.94. The number of hydrogen-bond donors (Lipinski definition) is 1. The molecule has 0 atom stereocenters. The Hall–Kier alpha value is -3.13. The van der Waals surface area contributed by atoms with Crippen molar-refractivity contribution in [2.45, 2.75) is 26.4 Å². The maximum atomic E-state index is 12.2. The molecule has 0 saturated heterocycles. The third kappa shape index (κ3) is 3.13. The first-order chi connectivity index (χ1) is 11.6. The van der Waals surface area contributed by atoms with E-state index in [0.717, 1.165) is 16.6 Å². The van der Waals surface area contributed by atoms with Crippen molar-refractivity contribution in [3.63, 3.8) is 0 Å². The van der Waals surface area contributed by atoms with E-state index in [-0.39, 0.29) is 5.91 Å². The van der Waals surface area contributed by atoms with Gasteiger partial charge in [0.15, 0.2) is 0 Å². The Labute approximate surface area is 140 Å². The van der Waals surface area contributed by atoms with Crippen LogP contribution in [0.2, 0.25) is 0 Å². The number of hydrogen-bond acceptors (Lipinski definition) is 3.